The predicted octanol–water partition coefficient (Wildman–Crippen LogP) is 3.55. The van der Waals surface area contributed by atoms with Gasteiger partial charge < -0.3 is 4.74 Å². The van der Waals surface area contributed by atoms with Crippen LogP contribution in [-0.2, 0) is 16.0 Å². The van der Waals surface area contributed by atoms with Gasteiger partial charge in [0.2, 0.25) is 0 Å². The second kappa shape index (κ2) is 7.50. The molecule has 0 fully saturated rings. The molecule has 0 saturated heterocycles. The van der Waals surface area contributed by atoms with Crippen molar-refractivity contribution in [2.45, 2.75) is 19.3 Å². The van der Waals surface area contributed by atoms with Crippen LogP contribution in [0.4, 0.5) is 4.39 Å². The molecule has 4 heteroatoms. The minimum atomic E-state index is -0.519. The molecule has 0 saturated carbocycles. The van der Waals surface area contributed by atoms with Gasteiger partial charge in [-0.25, -0.2) is 4.39 Å². The maximum absolute atomic E-state index is 13.6. The Kier molecular flexibility index (Phi) is 5.42. The van der Waals surface area contributed by atoms with Crippen LogP contribution >= 0.6 is 0 Å². The number of hydrogen-bond donors (Lipinski definition) is 0. The van der Waals surface area contributed by atoms with E-state index in [1.165, 1.54) is 19.2 Å². The van der Waals surface area contributed by atoms with Gasteiger partial charge in [0.1, 0.15) is 5.82 Å². The molecule has 22 heavy (non-hydrogen) atoms. The highest BCUT2D eigenvalue weighted by molar-refractivity contribution is 6.09. The number of carbonyl (C=O) groups excluding carboxylic acids is 2. The molecule has 3 nitrogen and oxygen atoms in total. The molecule has 0 spiro atoms. The first-order chi connectivity index (χ1) is 10.6. The van der Waals surface area contributed by atoms with Crippen LogP contribution in [0.5, 0.6) is 0 Å². The van der Waals surface area contributed by atoms with E-state index < -0.39 is 5.82 Å². The first-order valence-electron chi connectivity index (χ1n) is 7.07. The van der Waals surface area contributed by atoms with Crippen LogP contribution in [0, 0.1) is 5.82 Å². The summed E-state index contributed by atoms with van der Waals surface area (Å²) in [5, 5.41) is 0. The molecular formula is C18H17FO3. The molecule has 0 radical (unpaired) electrons. The lowest BCUT2D eigenvalue weighted by Gasteiger charge is -2.05. The third kappa shape index (κ3) is 4.01. The summed E-state index contributed by atoms with van der Waals surface area (Å²) < 4.78 is 18.2. The molecule has 114 valence electrons. The number of benzene rings is 2. The minimum absolute atomic E-state index is 0.0703. The molecule has 0 aliphatic rings. The van der Waals surface area contributed by atoms with Crippen molar-refractivity contribution in [3.05, 3.63) is 71.0 Å². The standard InChI is InChI=1S/C18H17FO3/c1-22-17(20)8-4-5-13-9-11-14(12-10-13)18(21)15-6-2-3-7-16(15)19/h2-3,6-7,9-12H,4-5,8H2,1H3. The van der Waals surface area contributed by atoms with Gasteiger partial charge in [-0.1, -0.05) is 36.4 Å². The van der Waals surface area contributed by atoms with Gasteiger partial charge in [-0.15, -0.1) is 0 Å². The van der Waals surface area contributed by atoms with Gasteiger partial charge in [0.05, 0.1) is 12.7 Å². The molecule has 0 bridgehead atoms. The summed E-state index contributed by atoms with van der Waals surface area (Å²) in [7, 11) is 1.37. The van der Waals surface area contributed by atoms with Crippen LogP contribution in [0.25, 0.3) is 0 Å². The number of halogens is 1. The fraction of sp³-hybridized carbons (Fsp3) is 0.222. The average Bonchev–Trinajstić information content (AvgIpc) is 2.55. The van der Waals surface area contributed by atoms with E-state index in [1.807, 2.05) is 12.1 Å². The SMILES string of the molecule is COC(=O)CCCc1ccc(C(=O)c2ccccc2F)cc1. The fourth-order valence-electron chi connectivity index (χ4n) is 2.16. The number of ether oxygens (including phenoxy) is 1. The monoisotopic (exact) mass is 300 g/mol. The Morgan fingerprint density at radius 1 is 1.05 bits per heavy atom. The molecule has 0 aromatic heterocycles. The lowest BCUT2D eigenvalue weighted by atomic mass is 10.00. The first-order valence-corrected chi connectivity index (χ1v) is 7.07. The zero-order chi connectivity index (χ0) is 15.9. The zero-order valence-corrected chi connectivity index (χ0v) is 12.3. The van der Waals surface area contributed by atoms with E-state index in [9.17, 15) is 14.0 Å². The third-order valence-corrected chi connectivity index (χ3v) is 3.41. The Labute approximate surface area is 128 Å². The number of esters is 1. The lowest BCUT2D eigenvalue weighted by molar-refractivity contribution is -0.140. The second-order valence-electron chi connectivity index (χ2n) is 4.94. The van der Waals surface area contributed by atoms with Gasteiger partial charge in [0.25, 0.3) is 0 Å². The molecule has 0 aliphatic heterocycles. The second-order valence-corrected chi connectivity index (χ2v) is 4.94. The first kappa shape index (κ1) is 15.9. The normalized spacial score (nSPS) is 10.3. The Balaban J connectivity index is 2.01. The van der Waals surface area contributed by atoms with E-state index in [4.69, 9.17) is 0 Å². The van der Waals surface area contributed by atoms with Crippen molar-refractivity contribution < 1.29 is 18.7 Å². The smallest absolute Gasteiger partial charge is 0.305 e. The van der Waals surface area contributed by atoms with Crippen molar-refractivity contribution in [3.63, 3.8) is 0 Å². The van der Waals surface area contributed by atoms with Gasteiger partial charge >= 0.3 is 5.97 Å². The summed E-state index contributed by atoms with van der Waals surface area (Å²) in [4.78, 5) is 23.3. The summed E-state index contributed by atoms with van der Waals surface area (Å²) in [5.74, 6) is -1.08. The molecule has 0 amide bonds. The maximum atomic E-state index is 13.6. The highest BCUT2D eigenvalue weighted by atomic mass is 19.1. The molecule has 0 unspecified atom stereocenters. The van der Waals surface area contributed by atoms with Crippen LogP contribution in [0.15, 0.2) is 48.5 Å². The van der Waals surface area contributed by atoms with Gasteiger partial charge in [0.15, 0.2) is 5.78 Å². The van der Waals surface area contributed by atoms with Crippen molar-refractivity contribution >= 4 is 11.8 Å². The summed E-state index contributed by atoms with van der Waals surface area (Å²) in [6, 6.07) is 12.9. The van der Waals surface area contributed by atoms with Gasteiger partial charge in [-0.2, -0.15) is 0 Å². The van der Waals surface area contributed by atoms with Crippen LogP contribution in [0.1, 0.15) is 34.3 Å². The number of methoxy groups -OCH3 is 1. The Hall–Kier alpha value is -2.49. The lowest BCUT2D eigenvalue weighted by Crippen LogP contribution is -2.04. The van der Waals surface area contributed by atoms with Crippen LogP contribution in [0.2, 0.25) is 0 Å². The van der Waals surface area contributed by atoms with Gasteiger partial charge in [0, 0.05) is 12.0 Å². The van der Waals surface area contributed by atoms with E-state index in [0.29, 0.717) is 18.4 Å². The topological polar surface area (TPSA) is 43.4 Å². The minimum Gasteiger partial charge on any atom is -0.469 e. The van der Waals surface area contributed by atoms with Crippen molar-refractivity contribution in [2.75, 3.05) is 7.11 Å². The number of carbonyl (C=O) groups is 2. The van der Waals surface area contributed by atoms with Gasteiger partial charge in [-0.05, 0) is 30.5 Å². The quantitative estimate of drug-likeness (QED) is 0.605. The number of ketones is 1. The third-order valence-electron chi connectivity index (χ3n) is 3.41. The molecule has 2 rings (SSSR count). The molecule has 0 heterocycles. The van der Waals surface area contributed by atoms with Crippen LogP contribution in [0.3, 0.4) is 0 Å². The average molecular weight is 300 g/mol. The Bertz CT molecular complexity index is 662. The largest absolute Gasteiger partial charge is 0.469 e. The molecular weight excluding hydrogens is 283 g/mol. The van der Waals surface area contributed by atoms with Crippen LogP contribution < -0.4 is 0 Å². The van der Waals surface area contributed by atoms with E-state index >= 15 is 0 Å². The molecule has 0 aliphatic carbocycles. The molecule has 0 atom stereocenters. The van der Waals surface area contributed by atoms with E-state index in [2.05, 4.69) is 4.74 Å². The number of aryl methyl sites for hydroxylation is 1. The van der Waals surface area contributed by atoms with E-state index in [0.717, 1.165) is 12.0 Å². The van der Waals surface area contributed by atoms with Gasteiger partial charge in [-0.3, -0.25) is 9.59 Å². The van der Waals surface area contributed by atoms with E-state index in [1.54, 1.807) is 24.3 Å². The Morgan fingerprint density at radius 3 is 2.36 bits per heavy atom. The number of hydrogen-bond acceptors (Lipinski definition) is 3. The number of rotatable bonds is 6. The zero-order valence-electron chi connectivity index (χ0n) is 12.3. The molecule has 2 aromatic rings. The van der Waals surface area contributed by atoms with Crippen molar-refractivity contribution in [3.8, 4) is 0 Å². The highest BCUT2D eigenvalue weighted by Crippen LogP contribution is 2.15. The summed E-state index contributed by atoms with van der Waals surface area (Å²) in [6.07, 6.45) is 1.78. The van der Waals surface area contributed by atoms with E-state index in [-0.39, 0.29) is 17.3 Å². The summed E-state index contributed by atoms with van der Waals surface area (Å²) in [5.41, 5.74) is 1.54. The maximum Gasteiger partial charge on any atom is 0.305 e. The van der Waals surface area contributed by atoms with Crippen LogP contribution in [-0.4, -0.2) is 18.9 Å². The highest BCUT2D eigenvalue weighted by Gasteiger charge is 2.13. The molecule has 2 aromatic carbocycles. The summed E-state index contributed by atoms with van der Waals surface area (Å²) >= 11 is 0. The predicted molar refractivity (Wildman–Crippen MR) is 81.2 cm³/mol. The molecule has 0 N–H and O–H groups in total. The Morgan fingerprint density at radius 2 is 1.73 bits per heavy atom. The van der Waals surface area contributed by atoms with Crippen molar-refractivity contribution in [2.24, 2.45) is 0 Å². The fourth-order valence-corrected chi connectivity index (χ4v) is 2.16. The van der Waals surface area contributed by atoms with Crippen molar-refractivity contribution in [1.82, 2.24) is 0 Å². The summed E-state index contributed by atoms with van der Waals surface area (Å²) in [6.45, 7) is 0. The van der Waals surface area contributed by atoms with Crippen molar-refractivity contribution in [1.29, 1.82) is 0 Å².